The molecule has 14 heavy (non-hydrogen) atoms. The van der Waals surface area contributed by atoms with Gasteiger partial charge >= 0.3 is 5.97 Å². The van der Waals surface area contributed by atoms with Crippen LogP contribution in [0.3, 0.4) is 0 Å². The van der Waals surface area contributed by atoms with Gasteiger partial charge in [-0.15, -0.1) is 0 Å². The van der Waals surface area contributed by atoms with Crippen molar-refractivity contribution in [1.82, 2.24) is 5.17 Å². The van der Waals surface area contributed by atoms with Crippen molar-refractivity contribution in [1.29, 1.82) is 0 Å². The van der Waals surface area contributed by atoms with Crippen molar-refractivity contribution in [3.05, 3.63) is 34.9 Å². The Morgan fingerprint density at radius 3 is 2.57 bits per heavy atom. The van der Waals surface area contributed by atoms with Crippen molar-refractivity contribution in [3.8, 4) is 0 Å². The maximum atomic E-state index is 10.5. The standard InChI is InChI=1S/C9H11ClN2O2/c1-7(13)14-12(11)6-8-2-4-9(10)5-3-8/h2-5H,6,11H2,1H3. The predicted octanol–water partition coefficient (Wildman–Crippen LogP) is 1.49. The molecule has 0 atom stereocenters. The molecule has 0 saturated heterocycles. The molecular weight excluding hydrogens is 204 g/mol. The summed E-state index contributed by atoms with van der Waals surface area (Å²) in [5.41, 5.74) is 0.915. The third kappa shape index (κ3) is 3.74. The highest BCUT2D eigenvalue weighted by Crippen LogP contribution is 2.10. The van der Waals surface area contributed by atoms with Crippen molar-refractivity contribution in [3.63, 3.8) is 0 Å². The summed E-state index contributed by atoms with van der Waals surface area (Å²) in [7, 11) is 0. The zero-order valence-corrected chi connectivity index (χ0v) is 8.49. The van der Waals surface area contributed by atoms with Gasteiger partial charge in [0, 0.05) is 11.9 Å². The van der Waals surface area contributed by atoms with Crippen molar-refractivity contribution in [2.75, 3.05) is 0 Å². The van der Waals surface area contributed by atoms with Gasteiger partial charge in [0.25, 0.3) is 0 Å². The molecule has 0 aliphatic rings. The van der Waals surface area contributed by atoms with Crippen LogP contribution in [0.25, 0.3) is 0 Å². The normalized spacial score (nSPS) is 10.3. The number of benzene rings is 1. The van der Waals surface area contributed by atoms with E-state index in [1.54, 1.807) is 12.1 Å². The number of halogens is 1. The van der Waals surface area contributed by atoms with E-state index in [4.69, 9.17) is 17.4 Å². The minimum absolute atomic E-state index is 0.330. The fourth-order valence-electron chi connectivity index (χ4n) is 0.967. The molecule has 0 heterocycles. The molecule has 0 fully saturated rings. The van der Waals surface area contributed by atoms with Gasteiger partial charge < -0.3 is 4.84 Å². The summed E-state index contributed by atoms with van der Waals surface area (Å²) in [4.78, 5) is 15.2. The second-order valence-corrected chi connectivity index (χ2v) is 3.22. The molecule has 1 aromatic carbocycles. The van der Waals surface area contributed by atoms with E-state index >= 15 is 0 Å². The Bertz CT molecular complexity index is 313. The van der Waals surface area contributed by atoms with Crippen molar-refractivity contribution in [2.45, 2.75) is 13.5 Å². The summed E-state index contributed by atoms with van der Waals surface area (Å²) in [5, 5.41) is 1.63. The maximum absolute atomic E-state index is 10.5. The smallest absolute Gasteiger partial charge is 0.323 e. The average Bonchev–Trinajstić information content (AvgIpc) is 2.07. The molecule has 0 unspecified atom stereocenters. The van der Waals surface area contributed by atoms with Gasteiger partial charge in [0.2, 0.25) is 0 Å². The van der Waals surface area contributed by atoms with Crippen LogP contribution in [0.5, 0.6) is 0 Å². The highest BCUT2D eigenvalue weighted by molar-refractivity contribution is 6.30. The van der Waals surface area contributed by atoms with Gasteiger partial charge in [-0.2, -0.15) is 0 Å². The number of nitrogens with zero attached hydrogens (tertiary/aromatic N) is 1. The van der Waals surface area contributed by atoms with Gasteiger partial charge in [0.15, 0.2) is 0 Å². The Morgan fingerprint density at radius 2 is 2.07 bits per heavy atom. The van der Waals surface area contributed by atoms with Crippen LogP contribution in [-0.2, 0) is 16.2 Å². The molecule has 0 bridgehead atoms. The van der Waals surface area contributed by atoms with Crippen molar-refractivity contribution in [2.24, 2.45) is 5.84 Å². The van der Waals surface area contributed by atoms with E-state index < -0.39 is 5.97 Å². The molecule has 1 rings (SSSR count). The lowest BCUT2D eigenvalue weighted by atomic mass is 10.2. The van der Waals surface area contributed by atoms with Crippen LogP contribution in [0, 0.1) is 0 Å². The first-order valence-electron chi connectivity index (χ1n) is 4.03. The van der Waals surface area contributed by atoms with Crippen LogP contribution in [0.4, 0.5) is 0 Å². The Hall–Kier alpha value is -1.10. The number of hydrogen-bond acceptors (Lipinski definition) is 4. The fraction of sp³-hybridized carbons (Fsp3) is 0.222. The van der Waals surface area contributed by atoms with Crippen molar-refractivity contribution >= 4 is 17.6 Å². The highest BCUT2D eigenvalue weighted by atomic mass is 35.5. The van der Waals surface area contributed by atoms with Crippen molar-refractivity contribution < 1.29 is 9.63 Å². The van der Waals surface area contributed by atoms with E-state index in [1.807, 2.05) is 12.1 Å². The van der Waals surface area contributed by atoms with E-state index in [0.29, 0.717) is 11.6 Å². The average molecular weight is 215 g/mol. The Kier molecular flexibility index (Phi) is 3.88. The van der Waals surface area contributed by atoms with Crippen LogP contribution < -0.4 is 5.84 Å². The molecule has 4 nitrogen and oxygen atoms in total. The van der Waals surface area contributed by atoms with Crippen LogP contribution in [-0.4, -0.2) is 11.1 Å². The van der Waals surface area contributed by atoms with Gasteiger partial charge in [0.05, 0.1) is 6.54 Å². The lowest BCUT2D eigenvalue weighted by Gasteiger charge is -2.13. The van der Waals surface area contributed by atoms with Gasteiger partial charge in [-0.3, -0.25) is 4.79 Å². The van der Waals surface area contributed by atoms with E-state index in [9.17, 15) is 4.79 Å². The topological polar surface area (TPSA) is 55.6 Å². The minimum Gasteiger partial charge on any atom is -0.353 e. The molecule has 0 saturated carbocycles. The summed E-state index contributed by atoms with van der Waals surface area (Å²) < 4.78 is 0. The second kappa shape index (κ2) is 4.95. The van der Waals surface area contributed by atoms with E-state index in [-0.39, 0.29) is 0 Å². The molecular formula is C9H11ClN2O2. The fourth-order valence-corrected chi connectivity index (χ4v) is 1.09. The second-order valence-electron chi connectivity index (χ2n) is 2.78. The first-order chi connectivity index (χ1) is 6.58. The van der Waals surface area contributed by atoms with E-state index in [0.717, 1.165) is 10.7 Å². The number of rotatable bonds is 3. The molecule has 5 heteroatoms. The monoisotopic (exact) mass is 214 g/mol. The molecule has 1 aromatic rings. The van der Waals surface area contributed by atoms with Crippen LogP contribution in [0.2, 0.25) is 5.02 Å². The van der Waals surface area contributed by atoms with Crippen LogP contribution in [0.1, 0.15) is 12.5 Å². The lowest BCUT2D eigenvalue weighted by molar-refractivity contribution is -0.192. The molecule has 0 radical (unpaired) electrons. The SMILES string of the molecule is CC(=O)ON(N)Cc1ccc(Cl)cc1. The van der Waals surface area contributed by atoms with E-state index in [1.165, 1.54) is 6.92 Å². The van der Waals surface area contributed by atoms with Gasteiger partial charge in [-0.1, -0.05) is 28.9 Å². The molecule has 76 valence electrons. The first-order valence-corrected chi connectivity index (χ1v) is 4.41. The predicted molar refractivity (Wildman–Crippen MR) is 52.9 cm³/mol. The zero-order chi connectivity index (χ0) is 10.6. The molecule has 2 N–H and O–H groups in total. The summed E-state index contributed by atoms with van der Waals surface area (Å²) >= 11 is 5.70. The van der Waals surface area contributed by atoms with Crippen LogP contribution in [0.15, 0.2) is 24.3 Å². The quantitative estimate of drug-likeness (QED) is 0.612. The Labute approximate surface area is 87.1 Å². The number of hydrazine groups is 1. The zero-order valence-electron chi connectivity index (χ0n) is 7.74. The number of carbonyl (C=O) groups is 1. The van der Waals surface area contributed by atoms with E-state index in [2.05, 4.69) is 4.84 Å². The summed E-state index contributed by atoms with van der Waals surface area (Å²) in [6.07, 6.45) is 0. The lowest BCUT2D eigenvalue weighted by Crippen LogP contribution is -2.32. The van der Waals surface area contributed by atoms with Gasteiger partial charge in [-0.25, -0.2) is 5.84 Å². The summed E-state index contributed by atoms with van der Waals surface area (Å²) in [6.45, 7) is 1.62. The summed E-state index contributed by atoms with van der Waals surface area (Å²) in [6, 6.07) is 7.12. The molecule has 0 spiro atoms. The molecule has 0 aliphatic heterocycles. The first kappa shape index (κ1) is 11.0. The third-order valence-electron chi connectivity index (χ3n) is 1.50. The third-order valence-corrected chi connectivity index (χ3v) is 1.75. The molecule has 0 amide bonds. The van der Waals surface area contributed by atoms with Gasteiger partial charge in [0.1, 0.15) is 0 Å². The maximum Gasteiger partial charge on any atom is 0.323 e. The number of hydroxylamine groups is 1. The summed E-state index contributed by atoms with van der Waals surface area (Å²) in [5.74, 6) is 4.96. The molecule has 0 aliphatic carbocycles. The van der Waals surface area contributed by atoms with Crippen LogP contribution >= 0.6 is 11.6 Å². The Morgan fingerprint density at radius 1 is 1.50 bits per heavy atom. The highest BCUT2D eigenvalue weighted by Gasteiger charge is 2.03. The minimum atomic E-state index is -0.443. The number of hydrogen-bond donors (Lipinski definition) is 1. The number of nitrogens with two attached hydrogens (primary N) is 1. The molecule has 0 aromatic heterocycles. The largest absolute Gasteiger partial charge is 0.353 e. The Balaban J connectivity index is 2.51. The number of carbonyl (C=O) groups excluding carboxylic acids is 1. The van der Waals surface area contributed by atoms with Gasteiger partial charge in [-0.05, 0) is 17.7 Å².